The van der Waals surface area contributed by atoms with Gasteiger partial charge in [-0.15, -0.1) is 0 Å². The van der Waals surface area contributed by atoms with Gasteiger partial charge < -0.3 is 45.4 Å². The number of ether oxygens (including phenoxy) is 3. The van der Waals surface area contributed by atoms with Crippen molar-refractivity contribution in [3.8, 4) is 17.2 Å². The minimum Gasteiger partial charge on any atom is -0.495 e. The van der Waals surface area contributed by atoms with Crippen LogP contribution in [0, 0.1) is 6.92 Å². The fourth-order valence-electron chi connectivity index (χ4n) is 8.51. The van der Waals surface area contributed by atoms with Gasteiger partial charge in [0.2, 0.25) is 47.6 Å². The SMILES string of the molecule is C=Cc1ccc(Nc2nc(Nc3ccc(C=C)cc3)nc(C(C)(C)C)n2)cc1.CC(C)(C)c1nc(Nc2nc3ccccc3[nH]2)nc(Nc2nc3ccccc3[nH]2)n1.COc1cc(Nc2nc(Nc3cc(OC)c(Cl)cc3OC)nc(C(C)(C)C)n2)c(C)cc1Cl. The molecule has 0 bridgehead atoms. The summed E-state index contributed by atoms with van der Waals surface area (Å²) in [5, 5.41) is 20.3. The average Bonchev–Trinajstić information content (AvgIpc) is 2.15. The molecule has 0 saturated heterocycles. The molecule has 6 aromatic carbocycles. The lowest BCUT2D eigenvalue weighted by Crippen LogP contribution is -2.19. The topological polar surface area (TPSA) is 273 Å². The third kappa shape index (κ3) is 17.0. The summed E-state index contributed by atoms with van der Waals surface area (Å²) in [6.07, 6.45) is 3.62. The van der Waals surface area contributed by atoms with Gasteiger partial charge in [0.25, 0.3) is 0 Å². The number of para-hydroxylation sites is 4. The first-order valence-corrected chi connectivity index (χ1v) is 29.6. The molecule has 91 heavy (non-hydrogen) atoms. The van der Waals surface area contributed by atoms with Crippen molar-refractivity contribution in [3.05, 3.63) is 179 Å². The monoisotopic (exact) mass is 1260 g/mol. The summed E-state index contributed by atoms with van der Waals surface area (Å²) in [6, 6.07) is 38.5. The number of fused-ring (bicyclic) bond motifs is 2. The van der Waals surface area contributed by atoms with Gasteiger partial charge in [0.05, 0.1) is 59.1 Å². The lowest BCUT2D eigenvalue weighted by atomic mass is 9.96. The zero-order chi connectivity index (χ0) is 65.2. The Labute approximate surface area is 538 Å². The number of nitrogens with zero attached hydrogens (tertiary/aromatic N) is 11. The predicted octanol–water partition coefficient (Wildman–Crippen LogP) is 16.6. The minimum atomic E-state index is -0.329. The Bertz CT molecular complexity index is 4130. The van der Waals surface area contributed by atoms with Gasteiger partial charge in [-0.3, -0.25) is 10.6 Å². The number of benzene rings is 6. The molecular formula is C67H73Cl2N19O3. The Balaban J connectivity index is 0.000000162. The number of hydrogen-bond acceptors (Lipinski definition) is 20. The van der Waals surface area contributed by atoms with Crippen molar-refractivity contribution in [2.24, 2.45) is 0 Å². The fraction of sp³-hybridized carbons (Fsp3) is 0.239. The molecular weight excluding hydrogens is 1190 g/mol. The first kappa shape index (κ1) is 65.0. The number of aryl methyl sites for hydroxylation is 1. The van der Waals surface area contributed by atoms with E-state index >= 15 is 0 Å². The van der Waals surface area contributed by atoms with E-state index in [9.17, 15) is 0 Å². The van der Waals surface area contributed by atoms with Gasteiger partial charge in [-0.25, -0.2) is 9.97 Å². The first-order chi connectivity index (χ1) is 43.4. The minimum absolute atomic E-state index is 0.213. The molecule has 0 aliphatic rings. The average molecular weight is 1260 g/mol. The second-order valence-corrected chi connectivity index (χ2v) is 24.6. The summed E-state index contributed by atoms with van der Waals surface area (Å²) in [4.78, 5) is 56.8. The van der Waals surface area contributed by atoms with Crippen LogP contribution in [0.3, 0.4) is 0 Å². The molecule has 0 aliphatic heterocycles. The zero-order valence-electron chi connectivity index (χ0n) is 53.0. The standard InChI is InChI=1S/C23H27Cl2N5O3.C23H25N5.C21H21N9/c1-12-8-13(24)17(31-5)10-15(12)26-21-28-20(23(2,3)4)29-22(30-21)27-16-11-18(32-6)14(25)9-19(16)33-7;1-6-16-8-12-18(13-9-16)24-21-26-20(23(3,4)5)27-22(28-21)25-19-14-10-17(7-2)11-15-19;1-21(2,3)16-26-19(28-17-22-12-8-4-5-9-13(12)23-17)30-20(27-16)29-18-24-14-10-6-7-11-15(14)25-18/h8-11H,1-7H3,(H2,26,27,28,29,30);6-15H,1-2H2,3-5H3,(H2,24,25,26,27,28);4-11H,1-3H3,(H4,22,23,24,25,26,27,28,29,30). The lowest BCUT2D eigenvalue weighted by molar-refractivity contribution is 0.405. The van der Waals surface area contributed by atoms with Crippen LogP contribution in [0.15, 0.2) is 134 Å². The number of rotatable bonds is 17. The summed E-state index contributed by atoms with van der Waals surface area (Å²) < 4.78 is 16.1. The number of H-pyrrole nitrogens is 2. The molecule has 5 heterocycles. The molecule has 8 N–H and O–H groups in total. The molecule has 0 spiro atoms. The van der Waals surface area contributed by atoms with Crippen LogP contribution < -0.4 is 46.1 Å². The third-order valence-corrected chi connectivity index (χ3v) is 14.0. The highest BCUT2D eigenvalue weighted by molar-refractivity contribution is 6.32. The maximum absolute atomic E-state index is 6.23. The van der Waals surface area contributed by atoms with E-state index in [1.54, 1.807) is 39.5 Å². The summed E-state index contributed by atoms with van der Waals surface area (Å²) in [7, 11) is 4.67. The molecule has 11 rings (SSSR count). The summed E-state index contributed by atoms with van der Waals surface area (Å²) >= 11 is 12.5. The van der Waals surface area contributed by atoms with Crippen LogP contribution in [0.2, 0.25) is 10.0 Å². The van der Waals surface area contributed by atoms with E-state index in [4.69, 9.17) is 37.4 Å². The Morgan fingerprint density at radius 3 is 1.10 bits per heavy atom. The van der Waals surface area contributed by atoms with E-state index < -0.39 is 0 Å². The van der Waals surface area contributed by atoms with E-state index in [0.29, 0.717) is 98.0 Å². The number of hydrogen-bond donors (Lipinski definition) is 8. The molecule has 0 radical (unpaired) electrons. The molecule has 22 nitrogen and oxygen atoms in total. The van der Waals surface area contributed by atoms with E-state index in [1.165, 1.54) is 0 Å². The van der Waals surface area contributed by atoms with E-state index in [1.807, 2.05) is 143 Å². The second kappa shape index (κ2) is 27.9. The fourth-order valence-corrected chi connectivity index (χ4v) is 9.04. The second-order valence-electron chi connectivity index (χ2n) is 23.8. The van der Waals surface area contributed by atoms with Crippen LogP contribution in [0.4, 0.5) is 70.3 Å². The number of halogens is 2. The number of anilines is 12. The normalized spacial score (nSPS) is 11.3. The van der Waals surface area contributed by atoms with Crippen molar-refractivity contribution < 1.29 is 14.2 Å². The number of nitrogens with one attached hydrogen (secondary N) is 8. The van der Waals surface area contributed by atoms with Crippen molar-refractivity contribution in [2.75, 3.05) is 53.2 Å². The van der Waals surface area contributed by atoms with Gasteiger partial charge in [-0.2, -0.15) is 44.9 Å². The number of imidazole rings is 2. The van der Waals surface area contributed by atoms with Crippen LogP contribution in [-0.4, -0.2) is 86.1 Å². The van der Waals surface area contributed by atoms with Crippen molar-refractivity contribution in [1.29, 1.82) is 0 Å². The Morgan fingerprint density at radius 1 is 0.396 bits per heavy atom. The summed E-state index contributed by atoms with van der Waals surface area (Å²) in [6.45, 7) is 28.0. The number of aromatic amines is 2. The van der Waals surface area contributed by atoms with E-state index in [-0.39, 0.29) is 16.2 Å². The van der Waals surface area contributed by atoms with E-state index in [0.717, 1.165) is 55.8 Å². The quantitative estimate of drug-likeness (QED) is 0.0421. The maximum Gasteiger partial charge on any atom is 0.234 e. The molecule has 0 amide bonds. The predicted molar refractivity (Wildman–Crippen MR) is 368 cm³/mol. The zero-order valence-corrected chi connectivity index (χ0v) is 54.5. The molecule has 0 saturated carbocycles. The van der Waals surface area contributed by atoms with Gasteiger partial charge in [0.15, 0.2) is 0 Å². The van der Waals surface area contributed by atoms with E-state index in [2.05, 4.69) is 151 Å². The van der Waals surface area contributed by atoms with Crippen molar-refractivity contribution in [2.45, 2.75) is 85.5 Å². The molecule has 5 aromatic heterocycles. The van der Waals surface area contributed by atoms with Crippen LogP contribution in [0.25, 0.3) is 34.2 Å². The molecule has 11 aromatic rings. The van der Waals surface area contributed by atoms with Crippen molar-refractivity contribution in [3.63, 3.8) is 0 Å². The van der Waals surface area contributed by atoms with Gasteiger partial charge in [0.1, 0.15) is 34.7 Å². The smallest absolute Gasteiger partial charge is 0.234 e. The highest BCUT2D eigenvalue weighted by Gasteiger charge is 2.24. The maximum atomic E-state index is 6.23. The molecule has 24 heteroatoms. The van der Waals surface area contributed by atoms with Gasteiger partial charge in [-0.1, -0.05) is 159 Å². The van der Waals surface area contributed by atoms with Crippen LogP contribution in [0.1, 0.15) is 96.5 Å². The van der Waals surface area contributed by atoms with Crippen LogP contribution in [-0.2, 0) is 16.2 Å². The molecule has 0 atom stereocenters. The van der Waals surface area contributed by atoms with Gasteiger partial charge >= 0.3 is 0 Å². The van der Waals surface area contributed by atoms with Crippen LogP contribution in [0.5, 0.6) is 17.2 Å². The first-order valence-electron chi connectivity index (χ1n) is 28.9. The third-order valence-electron chi connectivity index (χ3n) is 13.4. The highest BCUT2D eigenvalue weighted by atomic mass is 35.5. The molecule has 0 unspecified atom stereocenters. The largest absolute Gasteiger partial charge is 0.495 e. The lowest BCUT2D eigenvalue weighted by Gasteiger charge is -2.20. The van der Waals surface area contributed by atoms with Crippen molar-refractivity contribution >= 4 is 128 Å². The Morgan fingerprint density at radius 2 is 0.736 bits per heavy atom. The molecule has 0 aliphatic carbocycles. The van der Waals surface area contributed by atoms with Gasteiger partial charge in [-0.05, 0) is 78.2 Å². The number of aromatic nitrogens is 13. The Hall–Kier alpha value is -10.5. The summed E-state index contributed by atoms with van der Waals surface area (Å²) in [5.74, 6) is 7.13. The number of methoxy groups -OCH3 is 3. The summed E-state index contributed by atoms with van der Waals surface area (Å²) in [5.41, 5.74) is 8.99. The van der Waals surface area contributed by atoms with Crippen LogP contribution >= 0.6 is 23.2 Å². The highest BCUT2D eigenvalue weighted by Crippen LogP contribution is 2.38. The molecule has 468 valence electrons. The Kier molecular flexibility index (Phi) is 20.0. The molecule has 0 fully saturated rings. The van der Waals surface area contributed by atoms with Gasteiger partial charge in [0, 0.05) is 51.5 Å². The van der Waals surface area contributed by atoms with Crippen molar-refractivity contribution in [1.82, 2.24) is 64.8 Å².